The van der Waals surface area contributed by atoms with Gasteiger partial charge in [0.15, 0.2) is 5.52 Å². The Morgan fingerprint density at radius 2 is 2.00 bits per heavy atom. The van der Waals surface area contributed by atoms with Crippen molar-refractivity contribution in [2.75, 3.05) is 26.3 Å². The third-order valence-corrected chi connectivity index (χ3v) is 8.22. The van der Waals surface area contributed by atoms with Gasteiger partial charge in [0.25, 0.3) is 5.56 Å². The van der Waals surface area contributed by atoms with Crippen molar-refractivity contribution in [2.24, 2.45) is 5.92 Å². The number of nitrogens with zero attached hydrogens (tertiary/aromatic N) is 4. The molecule has 1 N–H and O–H groups in total. The van der Waals surface area contributed by atoms with E-state index in [0.29, 0.717) is 24.6 Å². The molecule has 11 heteroatoms. The topological polar surface area (TPSA) is 110 Å². The van der Waals surface area contributed by atoms with Gasteiger partial charge in [0.2, 0.25) is 10.0 Å². The second kappa shape index (κ2) is 8.05. The molecule has 1 aromatic carbocycles. The highest BCUT2D eigenvalue weighted by molar-refractivity contribution is 7.89. The number of ether oxygens (including phenoxy) is 1. The summed E-state index contributed by atoms with van der Waals surface area (Å²) in [7, 11) is -3.86. The number of aromatic amines is 1. The second-order valence-electron chi connectivity index (χ2n) is 8.50. The minimum atomic E-state index is -3.86. The number of nitrogens with one attached hydrogen (secondary N) is 1. The fourth-order valence-corrected chi connectivity index (χ4v) is 6.18. The number of H-pyrrole nitrogens is 1. The molecule has 5 rings (SSSR count). The number of benzene rings is 1. The zero-order chi connectivity index (χ0) is 22.5. The van der Waals surface area contributed by atoms with Crippen LogP contribution >= 0.6 is 0 Å². The van der Waals surface area contributed by atoms with E-state index in [0.717, 1.165) is 24.7 Å². The van der Waals surface area contributed by atoms with Crippen molar-refractivity contribution in [1.82, 2.24) is 23.9 Å². The van der Waals surface area contributed by atoms with Crippen LogP contribution in [0.15, 0.2) is 40.2 Å². The van der Waals surface area contributed by atoms with Crippen LogP contribution in [0.3, 0.4) is 0 Å². The Balaban J connectivity index is 1.48. The lowest BCUT2D eigenvalue weighted by molar-refractivity contribution is 0.0832. The third-order valence-electron chi connectivity index (χ3n) is 6.40. The number of fused-ring (bicyclic) bond motifs is 1. The summed E-state index contributed by atoms with van der Waals surface area (Å²) in [5, 5.41) is 4.68. The van der Waals surface area contributed by atoms with E-state index in [1.807, 2.05) is 6.92 Å². The quantitative estimate of drug-likeness (QED) is 0.635. The summed E-state index contributed by atoms with van der Waals surface area (Å²) < 4.78 is 48.1. The summed E-state index contributed by atoms with van der Waals surface area (Å²) in [6.07, 6.45) is 3.14. The molecular formula is C21H24FN5O4S. The molecule has 32 heavy (non-hydrogen) atoms. The summed E-state index contributed by atoms with van der Waals surface area (Å²) in [6, 6.07) is 4.99. The van der Waals surface area contributed by atoms with E-state index in [1.54, 1.807) is 4.52 Å². The Hall–Kier alpha value is -2.63. The maximum atomic E-state index is 13.6. The molecule has 3 aromatic rings. The van der Waals surface area contributed by atoms with Crippen LogP contribution in [0.2, 0.25) is 0 Å². The molecule has 2 aliphatic heterocycles. The standard InChI is InChI=1S/C21H24FN5O4S/c1-13-11-26(32(29,30)16-4-2-3-15(22)9-16)12-17(13)19-24-21(28)18-10-23-20(27(18)25-19)14-5-7-31-8-6-14/h2-4,9-10,13-14,17H,5-8,11-12H2,1H3,(H,24,25,28). The zero-order valence-electron chi connectivity index (χ0n) is 17.6. The molecule has 0 bridgehead atoms. The zero-order valence-corrected chi connectivity index (χ0v) is 18.4. The monoisotopic (exact) mass is 461 g/mol. The van der Waals surface area contributed by atoms with E-state index in [4.69, 9.17) is 4.74 Å². The average molecular weight is 462 g/mol. The van der Waals surface area contributed by atoms with E-state index < -0.39 is 15.8 Å². The predicted molar refractivity (Wildman–Crippen MR) is 113 cm³/mol. The molecule has 0 spiro atoms. The van der Waals surface area contributed by atoms with E-state index in [9.17, 15) is 17.6 Å². The van der Waals surface area contributed by atoms with E-state index in [2.05, 4.69) is 15.1 Å². The summed E-state index contributed by atoms with van der Waals surface area (Å²) >= 11 is 0. The Morgan fingerprint density at radius 3 is 2.75 bits per heavy atom. The minimum absolute atomic E-state index is 0.0846. The van der Waals surface area contributed by atoms with Crippen molar-refractivity contribution in [2.45, 2.75) is 36.5 Å². The van der Waals surface area contributed by atoms with Crippen LogP contribution in [0.4, 0.5) is 4.39 Å². The number of halogens is 1. The van der Waals surface area contributed by atoms with Crippen molar-refractivity contribution < 1.29 is 17.5 Å². The maximum absolute atomic E-state index is 13.6. The van der Waals surface area contributed by atoms with Crippen molar-refractivity contribution in [1.29, 1.82) is 0 Å². The van der Waals surface area contributed by atoms with Crippen LogP contribution in [0, 0.1) is 11.7 Å². The van der Waals surface area contributed by atoms with Crippen LogP contribution in [-0.4, -0.2) is 58.6 Å². The lowest BCUT2D eigenvalue weighted by Gasteiger charge is -2.21. The summed E-state index contributed by atoms with van der Waals surface area (Å²) in [5.41, 5.74) is 0.0598. The number of aromatic nitrogens is 4. The minimum Gasteiger partial charge on any atom is -0.381 e. The molecule has 0 aliphatic carbocycles. The lowest BCUT2D eigenvalue weighted by atomic mass is 9.97. The SMILES string of the molecule is CC1CN(S(=O)(=O)c2cccc(F)c2)CC1c1nn2c(C3CCOCC3)ncc2c(=O)[nH]1. The average Bonchev–Trinajstić information content (AvgIpc) is 3.39. The number of imidazole rings is 1. The van der Waals surface area contributed by atoms with Crippen molar-refractivity contribution >= 4 is 15.5 Å². The molecule has 9 nitrogen and oxygen atoms in total. The normalized spacial score (nSPS) is 23.2. The molecule has 2 atom stereocenters. The summed E-state index contributed by atoms with van der Waals surface area (Å²) in [6.45, 7) is 3.60. The van der Waals surface area contributed by atoms with Gasteiger partial charge in [0.05, 0.1) is 11.1 Å². The largest absolute Gasteiger partial charge is 0.381 e. The lowest BCUT2D eigenvalue weighted by Crippen LogP contribution is -2.29. The van der Waals surface area contributed by atoms with Gasteiger partial charge in [-0.05, 0) is 37.0 Å². The highest BCUT2D eigenvalue weighted by Crippen LogP contribution is 2.34. The van der Waals surface area contributed by atoms with Crippen LogP contribution in [0.5, 0.6) is 0 Å². The number of hydrogen-bond acceptors (Lipinski definition) is 6. The third kappa shape index (κ3) is 3.63. The van der Waals surface area contributed by atoms with Crippen LogP contribution in [-0.2, 0) is 14.8 Å². The first kappa shape index (κ1) is 21.2. The van der Waals surface area contributed by atoms with Gasteiger partial charge in [0.1, 0.15) is 17.5 Å². The molecule has 2 saturated heterocycles. The summed E-state index contributed by atoms with van der Waals surface area (Å²) in [5.74, 6) is 0.310. The molecule has 2 aromatic heterocycles. The van der Waals surface area contributed by atoms with Crippen LogP contribution in [0.1, 0.15) is 43.3 Å². The van der Waals surface area contributed by atoms with Crippen molar-refractivity contribution in [3.05, 3.63) is 58.3 Å². The molecule has 0 amide bonds. The molecule has 2 aliphatic rings. The van der Waals surface area contributed by atoms with Gasteiger partial charge in [-0.3, -0.25) is 4.79 Å². The molecule has 170 valence electrons. The fraction of sp³-hybridized carbons (Fsp3) is 0.476. The first-order valence-corrected chi connectivity index (χ1v) is 12.1. The molecule has 2 fully saturated rings. The van der Waals surface area contributed by atoms with Gasteiger partial charge in [0, 0.05) is 38.1 Å². The van der Waals surface area contributed by atoms with Gasteiger partial charge in [-0.1, -0.05) is 13.0 Å². The Labute approximate surface area is 184 Å². The predicted octanol–water partition coefficient (Wildman–Crippen LogP) is 1.87. The second-order valence-corrected chi connectivity index (χ2v) is 10.4. The summed E-state index contributed by atoms with van der Waals surface area (Å²) in [4.78, 5) is 19.9. The molecule has 2 unspecified atom stereocenters. The highest BCUT2D eigenvalue weighted by atomic mass is 32.2. The first-order chi connectivity index (χ1) is 15.3. The maximum Gasteiger partial charge on any atom is 0.276 e. The smallest absolute Gasteiger partial charge is 0.276 e. The van der Waals surface area contributed by atoms with E-state index >= 15 is 0 Å². The van der Waals surface area contributed by atoms with Gasteiger partial charge in [-0.25, -0.2) is 22.3 Å². The van der Waals surface area contributed by atoms with Crippen molar-refractivity contribution in [3.63, 3.8) is 0 Å². The number of hydrogen-bond donors (Lipinski definition) is 1. The van der Waals surface area contributed by atoms with Gasteiger partial charge >= 0.3 is 0 Å². The Kier molecular flexibility index (Phi) is 5.34. The van der Waals surface area contributed by atoms with Gasteiger partial charge in [-0.2, -0.15) is 9.40 Å². The van der Waals surface area contributed by atoms with Gasteiger partial charge < -0.3 is 9.72 Å². The van der Waals surface area contributed by atoms with E-state index in [1.165, 1.54) is 28.7 Å². The fourth-order valence-electron chi connectivity index (χ4n) is 4.59. The van der Waals surface area contributed by atoms with Crippen LogP contribution < -0.4 is 5.56 Å². The Bertz CT molecular complexity index is 1320. The number of rotatable bonds is 4. The highest BCUT2D eigenvalue weighted by Gasteiger charge is 2.39. The molecule has 0 radical (unpaired) electrons. The number of sulfonamides is 1. The van der Waals surface area contributed by atoms with E-state index in [-0.39, 0.29) is 41.3 Å². The Morgan fingerprint density at radius 1 is 1.22 bits per heavy atom. The van der Waals surface area contributed by atoms with Crippen LogP contribution in [0.25, 0.3) is 5.52 Å². The first-order valence-electron chi connectivity index (χ1n) is 10.7. The molecule has 0 saturated carbocycles. The van der Waals surface area contributed by atoms with Crippen molar-refractivity contribution in [3.8, 4) is 0 Å². The van der Waals surface area contributed by atoms with Gasteiger partial charge in [-0.15, -0.1) is 0 Å². The molecule has 4 heterocycles. The molecular weight excluding hydrogens is 437 g/mol.